The number of methoxy groups -OCH3 is 2. The van der Waals surface area contributed by atoms with Crippen LogP contribution < -0.4 is 44.1 Å². The number of hydrogen-bond donors (Lipinski definition) is 2. The summed E-state index contributed by atoms with van der Waals surface area (Å²) in [5.74, 6) is 1.90. The lowest BCUT2D eigenvalue weighted by molar-refractivity contribution is -1.03. The molecule has 0 bridgehead atoms. The highest BCUT2D eigenvalue weighted by Gasteiger charge is 2.29. The van der Waals surface area contributed by atoms with Gasteiger partial charge in [0, 0.05) is 12.8 Å². The van der Waals surface area contributed by atoms with Gasteiger partial charge in [0.25, 0.3) is 0 Å². The molecule has 1 aliphatic heterocycles. The Morgan fingerprint density at radius 2 is 1.20 bits per heavy atom. The van der Waals surface area contributed by atoms with E-state index in [0.717, 1.165) is 24.3 Å². The summed E-state index contributed by atoms with van der Waals surface area (Å²) in [6.45, 7) is 9.82. The Kier molecular flexibility index (Phi) is 11.6. The lowest BCUT2D eigenvalue weighted by atomic mass is 10.0. The molecular formula is C24H36Cl2N2O2. The molecular weight excluding hydrogens is 419 g/mol. The molecule has 1 aliphatic rings. The van der Waals surface area contributed by atoms with Crippen molar-refractivity contribution in [3.8, 4) is 11.5 Å². The van der Waals surface area contributed by atoms with Gasteiger partial charge in [-0.15, -0.1) is 0 Å². The van der Waals surface area contributed by atoms with Crippen molar-refractivity contribution in [2.24, 2.45) is 0 Å². The number of piperazine rings is 1. The highest BCUT2D eigenvalue weighted by molar-refractivity contribution is 5.29. The molecule has 2 N–H and O–H groups in total. The van der Waals surface area contributed by atoms with Crippen molar-refractivity contribution in [1.29, 1.82) is 0 Å². The molecule has 0 spiro atoms. The van der Waals surface area contributed by atoms with Gasteiger partial charge in [0.05, 0.1) is 26.3 Å². The summed E-state index contributed by atoms with van der Waals surface area (Å²) in [7, 11) is 3.46. The Hall–Kier alpha value is -1.46. The minimum atomic E-state index is 0. The van der Waals surface area contributed by atoms with Crippen LogP contribution in [-0.4, -0.2) is 52.5 Å². The van der Waals surface area contributed by atoms with E-state index in [1.165, 1.54) is 37.3 Å². The number of halogens is 2. The quantitative estimate of drug-likeness (QED) is 0.418. The molecule has 4 nitrogen and oxygen atoms in total. The molecule has 3 rings (SSSR count). The second-order valence-corrected chi connectivity index (χ2v) is 8.23. The van der Waals surface area contributed by atoms with Crippen LogP contribution in [0.5, 0.6) is 11.5 Å². The molecule has 1 fully saturated rings. The predicted octanol–water partition coefficient (Wildman–Crippen LogP) is -4.94. The number of nitrogens with one attached hydrogen (secondary N) is 2. The second-order valence-electron chi connectivity index (χ2n) is 8.23. The molecule has 2 aromatic carbocycles. The molecule has 0 aliphatic carbocycles. The van der Waals surface area contributed by atoms with E-state index in [1.54, 1.807) is 24.0 Å². The SMILES string of the molecule is COc1ccc(CC(C)[NH+]2CC[NH+](C(C)Cc3cccc(OC)c3)CC2)cc1.[Cl-].[Cl-]. The van der Waals surface area contributed by atoms with Crippen molar-refractivity contribution < 1.29 is 44.1 Å². The fraction of sp³-hybridized carbons (Fsp3) is 0.500. The van der Waals surface area contributed by atoms with E-state index in [2.05, 4.69) is 56.3 Å². The van der Waals surface area contributed by atoms with E-state index >= 15 is 0 Å². The Labute approximate surface area is 194 Å². The molecule has 168 valence electrons. The normalized spacial score (nSPS) is 20.3. The molecule has 2 aromatic rings. The molecule has 0 amide bonds. The molecule has 1 saturated heterocycles. The van der Waals surface area contributed by atoms with Gasteiger partial charge < -0.3 is 44.1 Å². The average molecular weight is 455 g/mol. The van der Waals surface area contributed by atoms with Gasteiger partial charge in [-0.25, -0.2) is 0 Å². The Balaban J connectivity index is 0.00000225. The van der Waals surface area contributed by atoms with Crippen molar-refractivity contribution in [1.82, 2.24) is 0 Å². The summed E-state index contributed by atoms with van der Waals surface area (Å²) in [6.07, 6.45) is 2.25. The van der Waals surface area contributed by atoms with Gasteiger partial charge in [-0.1, -0.05) is 24.3 Å². The third kappa shape index (κ3) is 7.35. The van der Waals surface area contributed by atoms with E-state index in [1.807, 2.05) is 6.07 Å². The van der Waals surface area contributed by atoms with Crippen molar-refractivity contribution in [3.63, 3.8) is 0 Å². The van der Waals surface area contributed by atoms with E-state index < -0.39 is 0 Å². The first-order valence-corrected chi connectivity index (χ1v) is 10.5. The summed E-state index contributed by atoms with van der Waals surface area (Å²) in [4.78, 5) is 3.48. The summed E-state index contributed by atoms with van der Waals surface area (Å²) >= 11 is 0. The minimum absolute atomic E-state index is 0. The highest BCUT2D eigenvalue weighted by Crippen LogP contribution is 2.14. The third-order valence-corrected chi connectivity index (χ3v) is 6.31. The Morgan fingerprint density at radius 3 is 1.70 bits per heavy atom. The fourth-order valence-electron chi connectivity index (χ4n) is 4.43. The van der Waals surface area contributed by atoms with Gasteiger partial charge in [-0.3, -0.25) is 0 Å². The maximum atomic E-state index is 5.37. The molecule has 0 aromatic heterocycles. The highest BCUT2D eigenvalue weighted by atomic mass is 35.5. The van der Waals surface area contributed by atoms with Crippen LogP contribution in [0.1, 0.15) is 25.0 Å². The zero-order valence-corrected chi connectivity index (χ0v) is 20.1. The van der Waals surface area contributed by atoms with Gasteiger partial charge in [0.15, 0.2) is 0 Å². The van der Waals surface area contributed by atoms with E-state index in [-0.39, 0.29) is 24.8 Å². The van der Waals surface area contributed by atoms with Gasteiger partial charge in [0.2, 0.25) is 0 Å². The predicted molar refractivity (Wildman–Crippen MR) is 114 cm³/mol. The molecule has 30 heavy (non-hydrogen) atoms. The number of quaternary nitrogens is 2. The first kappa shape index (κ1) is 26.6. The molecule has 0 saturated carbocycles. The topological polar surface area (TPSA) is 27.3 Å². The maximum absolute atomic E-state index is 5.37. The zero-order valence-electron chi connectivity index (χ0n) is 18.6. The molecule has 6 heteroatoms. The van der Waals surface area contributed by atoms with E-state index in [4.69, 9.17) is 9.47 Å². The molecule has 0 radical (unpaired) electrons. The summed E-state index contributed by atoms with van der Waals surface area (Å²) in [5.41, 5.74) is 2.78. The van der Waals surface area contributed by atoms with Gasteiger partial charge in [-0.05, 0) is 49.2 Å². The lowest BCUT2D eigenvalue weighted by Gasteiger charge is -2.36. The molecule has 2 unspecified atom stereocenters. The standard InChI is InChI=1S/C24H34N2O2.2ClH/c1-19(16-21-8-10-23(27-3)11-9-21)25-12-14-26(15-13-25)20(2)17-22-6-5-7-24(18-22)28-4;;/h5-11,18-20H,12-17H2,1-4H3;2*1H. The Bertz CT molecular complexity index is 734. The monoisotopic (exact) mass is 454 g/mol. The van der Waals surface area contributed by atoms with Gasteiger partial charge in [0.1, 0.15) is 37.7 Å². The van der Waals surface area contributed by atoms with Crippen LogP contribution in [-0.2, 0) is 12.8 Å². The third-order valence-electron chi connectivity index (χ3n) is 6.31. The summed E-state index contributed by atoms with van der Waals surface area (Å²) in [5, 5.41) is 0. The minimum Gasteiger partial charge on any atom is -1.00 e. The number of ether oxygens (including phenoxy) is 2. The maximum Gasteiger partial charge on any atom is 0.127 e. The van der Waals surface area contributed by atoms with Crippen molar-refractivity contribution in [2.45, 2.75) is 38.8 Å². The molecule has 2 atom stereocenters. The fourth-order valence-corrected chi connectivity index (χ4v) is 4.43. The zero-order chi connectivity index (χ0) is 19.9. The van der Waals surface area contributed by atoms with Crippen molar-refractivity contribution in [3.05, 3.63) is 59.7 Å². The van der Waals surface area contributed by atoms with Crippen LogP contribution >= 0.6 is 0 Å². The van der Waals surface area contributed by atoms with Crippen LogP contribution in [0.3, 0.4) is 0 Å². The smallest absolute Gasteiger partial charge is 0.127 e. The van der Waals surface area contributed by atoms with Crippen molar-refractivity contribution >= 4 is 0 Å². The summed E-state index contributed by atoms with van der Waals surface area (Å²) < 4.78 is 10.6. The molecule has 1 heterocycles. The number of hydrogen-bond acceptors (Lipinski definition) is 2. The summed E-state index contributed by atoms with van der Waals surface area (Å²) in [6, 6.07) is 18.4. The van der Waals surface area contributed by atoms with Crippen LogP contribution in [0.4, 0.5) is 0 Å². The number of benzene rings is 2. The van der Waals surface area contributed by atoms with E-state index in [0.29, 0.717) is 12.1 Å². The second kappa shape index (κ2) is 13.1. The van der Waals surface area contributed by atoms with Crippen LogP contribution in [0.15, 0.2) is 48.5 Å². The first-order chi connectivity index (χ1) is 13.6. The average Bonchev–Trinajstić information content (AvgIpc) is 2.74. The lowest BCUT2D eigenvalue weighted by Crippen LogP contribution is -3.31. The van der Waals surface area contributed by atoms with Crippen LogP contribution in [0, 0.1) is 0 Å². The van der Waals surface area contributed by atoms with E-state index in [9.17, 15) is 0 Å². The van der Waals surface area contributed by atoms with Crippen LogP contribution in [0.25, 0.3) is 0 Å². The Morgan fingerprint density at radius 1 is 0.700 bits per heavy atom. The number of rotatable bonds is 8. The largest absolute Gasteiger partial charge is 1.00 e. The van der Waals surface area contributed by atoms with Gasteiger partial charge >= 0.3 is 0 Å². The first-order valence-electron chi connectivity index (χ1n) is 10.5. The van der Waals surface area contributed by atoms with Crippen molar-refractivity contribution in [2.75, 3.05) is 40.4 Å². The van der Waals surface area contributed by atoms with Gasteiger partial charge in [-0.2, -0.15) is 0 Å². The van der Waals surface area contributed by atoms with Crippen LogP contribution in [0.2, 0.25) is 0 Å².